The van der Waals surface area contributed by atoms with E-state index in [2.05, 4.69) is 5.32 Å². The Labute approximate surface area is 153 Å². The van der Waals surface area contributed by atoms with Crippen LogP contribution in [0.25, 0.3) is 0 Å². The van der Waals surface area contributed by atoms with Crippen molar-refractivity contribution in [1.82, 2.24) is 15.1 Å². The third-order valence-corrected chi connectivity index (χ3v) is 5.85. The Morgan fingerprint density at radius 3 is 2.42 bits per heavy atom. The lowest BCUT2D eigenvalue weighted by Gasteiger charge is -2.31. The van der Waals surface area contributed by atoms with E-state index >= 15 is 0 Å². The number of urea groups is 1. The Bertz CT molecular complexity index is 750. The van der Waals surface area contributed by atoms with Crippen LogP contribution >= 0.6 is 0 Å². The van der Waals surface area contributed by atoms with Gasteiger partial charge in [-0.2, -0.15) is 0 Å². The third-order valence-electron chi connectivity index (χ3n) is 5.85. The number of carbonyl (C=O) groups is 2. The second-order valence-corrected chi connectivity index (χ2v) is 7.30. The number of nitrogens with one attached hydrogen (secondary N) is 1. The SMILES string of the molecule is COc1ccc(C2NC(=O)N(C)C3=C2C(=O)N(C2CCCCC2)C3)cc1. The summed E-state index contributed by atoms with van der Waals surface area (Å²) in [5.41, 5.74) is 2.45. The summed E-state index contributed by atoms with van der Waals surface area (Å²) in [6, 6.07) is 7.27. The zero-order chi connectivity index (χ0) is 18.3. The maximum absolute atomic E-state index is 13.3. The Hall–Kier alpha value is -2.50. The van der Waals surface area contributed by atoms with Gasteiger partial charge >= 0.3 is 6.03 Å². The molecule has 0 spiro atoms. The van der Waals surface area contributed by atoms with E-state index in [1.807, 2.05) is 29.2 Å². The summed E-state index contributed by atoms with van der Waals surface area (Å²) in [6.07, 6.45) is 5.72. The molecule has 1 fully saturated rings. The van der Waals surface area contributed by atoms with Crippen molar-refractivity contribution in [2.24, 2.45) is 0 Å². The lowest BCUT2D eigenvalue weighted by atomic mass is 9.93. The minimum absolute atomic E-state index is 0.0690. The number of hydrogen-bond donors (Lipinski definition) is 1. The number of nitrogens with zero attached hydrogens (tertiary/aromatic N) is 2. The molecule has 1 aromatic rings. The van der Waals surface area contributed by atoms with Crippen LogP contribution in [0.3, 0.4) is 0 Å². The number of rotatable bonds is 3. The fraction of sp³-hybridized carbons (Fsp3) is 0.500. The Balaban J connectivity index is 1.67. The van der Waals surface area contributed by atoms with E-state index < -0.39 is 6.04 Å². The summed E-state index contributed by atoms with van der Waals surface area (Å²) in [5.74, 6) is 0.823. The van der Waals surface area contributed by atoms with Crippen molar-refractivity contribution in [3.05, 3.63) is 41.1 Å². The first-order valence-corrected chi connectivity index (χ1v) is 9.32. The van der Waals surface area contributed by atoms with Crippen LogP contribution in [0.4, 0.5) is 4.79 Å². The predicted octanol–water partition coefficient (Wildman–Crippen LogP) is 2.82. The molecule has 2 aliphatic heterocycles. The molecule has 0 bridgehead atoms. The van der Waals surface area contributed by atoms with Crippen molar-refractivity contribution in [1.29, 1.82) is 0 Å². The summed E-state index contributed by atoms with van der Waals surface area (Å²) in [6.45, 7) is 0.537. The molecule has 0 aromatic heterocycles. The highest BCUT2D eigenvalue weighted by molar-refractivity contribution is 6.01. The highest BCUT2D eigenvalue weighted by atomic mass is 16.5. The van der Waals surface area contributed by atoms with E-state index in [1.54, 1.807) is 19.1 Å². The maximum Gasteiger partial charge on any atom is 0.322 e. The van der Waals surface area contributed by atoms with Crippen molar-refractivity contribution in [2.45, 2.75) is 44.2 Å². The molecular formula is C20H25N3O3. The predicted molar refractivity (Wildman–Crippen MR) is 97.6 cm³/mol. The standard InChI is InChI=1S/C20H25N3O3/c1-22-16-12-23(14-6-4-3-5-7-14)19(24)17(16)18(21-20(22)25)13-8-10-15(26-2)11-9-13/h8-11,14,18H,3-7,12H2,1-2H3,(H,21,25). The fourth-order valence-corrected chi connectivity index (χ4v) is 4.32. The van der Waals surface area contributed by atoms with Gasteiger partial charge in [0.05, 0.1) is 31.0 Å². The molecule has 26 heavy (non-hydrogen) atoms. The van der Waals surface area contributed by atoms with Crippen LogP contribution in [0.2, 0.25) is 0 Å². The second-order valence-electron chi connectivity index (χ2n) is 7.30. The summed E-state index contributed by atoms with van der Waals surface area (Å²) in [4.78, 5) is 29.3. The van der Waals surface area contributed by atoms with Gasteiger partial charge in [-0.05, 0) is 30.5 Å². The number of carbonyl (C=O) groups excluding carboxylic acids is 2. The Kier molecular flexibility index (Phi) is 4.34. The van der Waals surface area contributed by atoms with Crippen molar-refractivity contribution in [3.8, 4) is 5.75 Å². The highest BCUT2D eigenvalue weighted by Crippen LogP contribution is 2.38. The number of amides is 3. The third kappa shape index (κ3) is 2.73. The summed E-state index contributed by atoms with van der Waals surface area (Å²) in [5, 5.41) is 2.99. The first-order chi connectivity index (χ1) is 12.6. The van der Waals surface area contributed by atoms with E-state index in [4.69, 9.17) is 4.74 Å². The van der Waals surface area contributed by atoms with Gasteiger partial charge in [-0.1, -0.05) is 31.4 Å². The van der Waals surface area contributed by atoms with Crippen LogP contribution in [-0.2, 0) is 4.79 Å². The van der Waals surface area contributed by atoms with Gasteiger partial charge in [-0.15, -0.1) is 0 Å². The van der Waals surface area contributed by atoms with E-state index in [0.29, 0.717) is 18.2 Å². The molecule has 6 heteroatoms. The van der Waals surface area contributed by atoms with Gasteiger partial charge in [0.1, 0.15) is 5.75 Å². The van der Waals surface area contributed by atoms with Gasteiger partial charge in [0, 0.05) is 13.1 Å². The maximum atomic E-state index is 13.3. The van der Waals surface area contributed by atoms with Gasteiger partial charge in [0.2, 0.25) is 0 Å². The van der Waals surface area contributed by atoms with Crippen LogP contribution in [0.1, 0.15) is 43.7 Å². The quantitative estimate of drug-likeness (QED) is 0.907. The average Bonchev–Trinajstić information content (AvgIpc) is 3.03. The number of likely N-dealkylation sites (N-methyl/N-ethyl adjacent to an activating group) is 1. The molecule has 1 aliphatic carbocycles. The van der Waals surface area contributed by atoms with Gasteiger partial charge in [0.25, 0.3) is 5.91 Å². The second kappa shape index (κ2) is 6.67. The van der Waals surface area contributed by atoms with Crippen molar-refractivity contribution in [2.75, 3.05) is 20.7 Å². The highest BCUT2D eigenvalue weighted by Gasteiger charge is 2.44. The molecule has 1 atom stereocenters. The van der Waals surface area contributed by atoms with Gasteiger partial charge in [-0.3, -0.25) is 9.69 Å². The molecule has 138 valence electrons. The van der Waals surface area contributed by atoms with E-state index in [-0.39, 0.29) is 11.9 Å². The van der Waals surface area contributed by atoms with Crippen LogP contribution in [0, 0.1) is 0 Å². The molecule has 4 rings (SSSR count). The topological polar surface area (TPSA) is 61.9 Å². The van der Waals surface area contributed by atoms with Crippen LogP contribution in [0.15, 0.2) is 35.5 Å². The summed E-state index contributed by atoms with van der Waals surface area (Å²) >= 11 is 0. The molecule has 1 unspecified atom stereocenters. The van der Waals surface area contributed by atoms with Crippen molar-refractivity contribution < 1.29 is 14.3 Å². The summed E-state index contributed by atoms with van der Waals surface area (Å²) < 4.78 is 5.22. The largest absolute Gasteiger partial charge is 0.497 e. The number of hydrogen-bond acceptors (Lipinski definition) is 3. The van der Waals surface area contributed by atoms with Gasteiger partial charge in [-0.25, -0.2) is 4.79 Å². The zero-order valence-corrected chi connectivity index (χ0v) is 15.3. The molecule has 3 amide bonds. The molecule has 6 nitrogen and oxygen atoms in total. The zero-order valence-electron chi connectivity index (χ0n) is 15.3. The van der Waals surface area contributed by atoms with Crippen LogP contribution in [-0.4, -0.2) is 48.5 Å². The molecule has 2 heterocycles. The Morgan fingerprint density at radius 2 is 1.77 bits per heavy atom. The van der Waals surface area contributed by atoms with Crippen LogP contribution in [0.5, 0.6) is 5.75 Å². The molecule has 3 aliphatic rings. The summed E-state index contributed by atoms with van der Waals surface area (Å²) in [7, 11) is 3.36. The molecule has 1 aromatic carbocycles. The Morgan fingerprint density at radius 1 is 1.08 bits per heavy atom. The molecule has 0 saturated heterocycles. The number of benzene rings is 1. The molecule has 1 N–H and O–H groups in total. The van der Waals surface area contributed by atoms with E-state index in [1.165, 1.54) is 19.3 Å². The van der Waals surface area contributed by atoms with Gasteiger partial charge < -0.3 is 15.0 Å². The monoisotopic (exact) mass is 355 g/mol. The lowest BCUT2D eigenvalue weighted by molar-refractivity contribution is -0.128. The van der Waals surface area contributed by atoms with E-state index in [0.717, 1.165) is 29.9 Å². The number of methoxy groups -OCH3 is 1. The first-order valence-electron chi connectivity index (χ1n) is 9.32. The molecular weight excluding hydrogens is 330 g/mol. The van der Waals surface area contributed by atoms with E-state index in [9.17, 15) is 9.59 Å². The normalized spacial score (nSPS) is 24.0. The first kappa shape index (κ1) is 16.9. The van der Waals surface area contributed by atoms with Gasteiger partial charge in [0.15, 0.2) is 0 Å². The average molecular weight is 355 g/mol. The van der Waals surface area contributed by atoms with Crippen molar-refractivity contribution in [3.63, 3.8) is 0 Å². The lowest BCUT2D eigenvalue weighted by Crippen LogP contribution is -2.45. The smallest absolute Gasteiger partial charge is 0.322 e. The number of ether oxygens (including phenoxy) is 1. The minimum Gasteiger partial charge on any atom is -0.497 e. The van der Waals surface area contributed by atoms with Crippen molar-refractivity contribution >= 4 is 11.9 Å². The minimum atomic E-state index is -0.402. The molecule has 0 radical (unpaired) electrons. The fourth-order valence-electron chi connectivity index (χ4n) is 4.32. The van der Waals surface area contributed by atoms with Crippen LogP contribution < -0.4 is 10.1 Å². The molecule has 1 saturated carbocycles.